The summed E-state index contributed by atoms with van der Waals surface area (Å²) < 4.78 is 13.3. The molecule has 0 aliphatic rings. The number of aryl methyl sites for hydroxylation is 1. The smallest absolute Gasteiger partial charge is 0.226 e. The maximum atomic E-state index is 13.3. The van der Waals surface area contributed by atoms with E-state index in [-0.39, 0.29) is 5.82 Å². The molecular formula is C15H15FN4S. The number of halogens is 1. The number of nitrogens with one attached hydrogen (secondary N) is 2. The first-order valence-electron chi connectivity index (χ1n) is 6.69. The highest BCUT2D eigenvalue weighted by Gasteiger charge is 2.09. The van der Waals surface area contributed by atoms with Crippen LogP contribution in [0.5, 0.6) is 0 Å². The predicted molar refractivity (Wildman–Crippen MR) is 86.0 cm³/mol. The van der Waals surface area contributed by atoms with Gasteiger partial charge in [0.25, 0.3) is 0 Å². The van der Waals surface area contributed by atoms with Crippen LogP contribution in [0.15, 0.2) is 29.6 Å². The number of rotatable bonds is 4. The molecule has 108 valence electrons. The zero-order valence-electron chi connectivity index (χ0n) is 11.8. The van der Waals surface area contributed by atoms with Crippen LogP contribution < -0.4 is 10.6 Å². The van der Waals surface area contributed by atoms with Crippen LogP contribution >= 0.6 is 11.3 Å². The molecule has 0 aliphatic carbocycles. The summed E-state index contributed by atoms with van der Waals surface area (Å²) in [6.07, 6.45) is 0. The first kappa shape index (κ1) is 13.8. The van der Waals surface area contributed by atoms with Crippen molar-refractivity contribution in [3.63, 3.8) is 0 Å². The average molecular weight is 302 g/mol. The van der Waals surface area contributed by atoms with Gasteiger partial charge in [-0.2, -0.15) is 4.98 Å². The molecule has 3 rings (SSSR count). The SMILES string of the molecule is CCNc1nc(Nc2ccc(F)c(C)c2)c2ccsc2n1. The third kappa shape index (κ3) is 2.80. The van der Waals surface area contributed by atoms with Gasteiger partial charge in [-0.25, -0.2) is 9.37 Å². The molecule has 2 aromatic heterocycles. The Balaban J connectivity index is 2.01. The lowest BCUT2D eigenvalue weighted by Crippen LogP contribution is -2.04. The Morgan fingerprint density at radius 1 is 1.24 bits per heavy atom. The Hall–Kier alpha value is -2.21. The van der Waals surface area contributed by atoms with Gasteiger partial charge in [0.15, 0.2) is 0 Å². The number of hydrogen-bond donors (Lipinski definition) is 2. The minimum atomic E-state index is -0.211. The van der Waals surface area contributed by atoms with E-state index in [0.29, 0.717) is 11.5 Å². The molecule has 2 heterocycles. The van der Waals surface area contributed by atoms with Crippen LogP contribution in [0.2, 0.25) is 0 Å². The van der Waals surface area contributed by atoms with Gasteiger partial charge in [-0.05, 0) is 49.1 Å². The predicted octanol–water partition coefficient (Wildman–Crippen LogP) is 4.31. The van der Waals surface area contributed by atoms with Crippen molar-refractivity contribution in [1.29, 1.82) is 0 Å². The molecule has 0 bridgehead atoms. The van der Waals surface area contributed by atoms with E-state index in [2.05, 4.69) is 20.6 Å². The number of thiophene rings is 1. The molecule has 21 heavy (non-hydrogen) atoms. The number of nitrogens with zero attached hydrogens (tertiary/aromatic N) is 2. The van der Waals surface area contributed by atoms with Gasteiger partial charge >= 0.3 is 0 Å². The zero-order valence-corrected chi connectivity index (χ0v) is 12.6. The van der Waals surface area contributed by atoms with Crippen molar-refractivity contribution in [1.82, 2.24) is 9.97 Å². The summed E-state index contributed by atoms with van der Waals surface area (Å²) in [6, 6.07) is 6.90. The molecule has 1 aromatic carbocycles. The van der Waals surface area contributed by atoms with Gasteiger partial charge in [0, 0.05) is 12.2 Å². The maximum absolute atomic E-state index is 13.3. The van der Waals surface area contributed by atoms with Crippen molar-refractivity contribution in [3.05, 3.63) is 41.0 Å². The highest BCUT2D eigenvalue weighted by Crippen LogP contribution is 2.29. The third-order valence-corrected chi connectivity index (χ3v) is 3.89. The van der Waals surface area contributed by atoms with E-state index in [9.17, 15) is 4.39 Å². The van der Waals surface area contributed by atoms with E-state index >= 15 is 0 Å². The fourth-order valence-electron chi connectivity index (χ4n) is 2.05. The fourth-order valence-corrected chi connectivity index (χ4v) is 2.81. The van der Waals surface area contributed by atoms with Gasteiger partial charge in [0.1, 0.15) is 16.5 Å². The van der Waals surface area contributed by atoms with E-state index < -0.39 is 0 Å². The minimum absolute atomic E-state index is 0.211. The van der Waals surface area contributed by atoms with E-state index in [1.807, 2.05) is 18.4 Å². The molecule has 0 spiro atoms. The molecule has 0 fully saturated rings. The lowest BCUT2D eigenvalue weighted by Gasteiger charge is -2.10. The first-order valence-corrected chi connectivity index (χ1v) is 7.57. The largest absolute Gasteiger partial charge is 0.354 e. The Morgan fingerprint density at radius 3 is 2.86 bits per heavy atom. The topological polar surface area (TPSA) is 49.8 Å². The van der Waals surface area contributed by atoms with Crippen molar-refractivity contribution in [3.8, 4) is 0 Å². The van der Waals surface area contributed by atoms with E-state index in [1.54, 1.807) is 30.4 Å². The van der Waals surface area contributed by atoms with Crippen LogP contribution in [0.3, 0.4) is 0 Å². The number of anilines is 3. The Labute approximate surface area is 126 Å². The van der Waals surface area contributed by atoms with Gasteiger partial charge in [-0.15, -0.1) is 11.3 Å². The van der Waals surface area contributed by atoms with Crippen LogP contribution in [0, 0.1) is 12.7 Å². The lowest BCUT2D eigenvalue weighted by atomic mass is 10.2. The average Bonchev–Trinajstić information content (AvgIpc) is 2.92. The standard InChI is InChI=1S/C15H15FN4S/c1-3-17-15-19-13(11-6-7-21-14(11)20-15)18-10-4-5-12(16)9(2)8-10/h4-8H,3H2,1-2H3,(H2,17,18,19,20). The van der Waals surface area contributed by atoms with Gasteiger partial charge in [-0.1, -0.05) is 0 Å². The van der Waals surface area contributed by atoms with Crippen LogP contribution in [-0.4, -0.2) is 16.5 Å². The molecule has 0 radical (unpaired) electrons. The van der Waals surface area contributed by atoms with Crippen molar-refractivity contribution < 1.29 is 4.39 Å². The number of aromatic nitrogens is 2. The van der Waals surface area contributed by atoms with Gasteiger partial charge < -0.3 is 10.6 Å². The molecule has 0 aliphatic heterocycles. The van der Waals surface area contributed by atoms with Crippen molar-refractivity contribution in [2.75, 3.05) is 17.2 Å². The lowest BCUT2D eigenvalue weighted by molar-refractivity contribution is 0.619. The molecule has 0 saturated heterocycles. The van der Waals surface area contributed by atoms with Gasteiger partial charge in [0.2, 0.25) is 5.95 Å². The normalized spacial score (nSPS) is 10.8. The summed E-state index contributed by atoms with van der Waals surface area (Å²) in [4.78, 5) is 9.86. The van der Waals surface area contributed by atoms with Crippen molar-refractivity contribution in [2.45, 2.75) is 13.8 Å². The second kappa shape index (κ2) is 5.65. The fraction of sp³-hybridized carbons (Fsp3) is 0.200. The molecule has 2 N–H and O–H groups in total. The van der Waals surface area contributed by atoms with Crippen LogP contribution in [-0.2, 0) is 0 Å². The highest BCUT2D eigenvalue weighted by atomic mass is 32.1. The van der Waals surface area contributed by atoms with Crippen LogP contribution in [0.1, 0.15) is 12.5 Å². The Kier molecular flexibility index (Phi) is 3.70. The van der Waals surface area contributed by atoms with E-state index in [0.717, 1.165) is 28.3 Å². The summed E-state index contributed by atoms with van der Waals surface area (Å²) in [5.74, 6) is 1.11. The number of fused-ring (bicyclic) bond motifs is 1. The van der Waals surface area contributed by atoms with Gasteiger partial charge in [0.05, 0.1) is 5.39 Å². The van der Waals surface area contributed by atoms with Crippen molar-refractivity contribution in [2.24, 2.45) is 0 Å². The summed E-state index contributed by atoms with van der Waals surface area (Å²) in [5.41, 5.74) is 1.41. The zero-order chi connectivity index (χ0) is 14.8. The van der Waals surface area contributed by atoms with Crippen LogP contribution in [0.25, 0.3) is 10.2 Å². The molecule has 0 unspecified atom stereocenters. The quantitative estimate of drug-likeness (QED) is 0.754. The monoisotopic (exact) mass is 302 g/mol. The molecular weight excluding hydrogens is 287 g/mol. The first-order chi connectivity index (χ1) is 10.2. The van der Waals surface area contributed by atoms with Crippen molar-refractivity contribution >= 4 is 39.0 Å². The number of benzene rings is 1. The van der Waals surface area contributed by atoms with E-state index in [1.165, 1.54) is 6.07 Å². The van der Waals surface area contributed by atoms with Crippen LogP contribution in [0.4, 0.5) is 21.8 Å². The molecule has 4 nitrogen and oxygen atoms in total. The Bertz CT molecular complexity index is 784. The highest BCUT2D eigenvalue weighted by molar-refractivity contribution is 7.16. The second-order valence-electron chi connectivity index (χ2n) is 4.65. The molecule has 6 heteroatoms. The maximum Gasteiger partial charge on any atom is 0.226 e. The third-order valence-electron chi connectivity index (χ3n) is 3.08. The Morgan fingerprint density at radius 2 is 2.10 bits per heavy atom. The molecule has 0 saturated carbocycles. The summed E-state index contributed by atoms with van der Waals surface area (Å²) in [6.45, 7) is 4.50. The second-order valence-corrected chi connectivity index (χ2v) is 5.55. The summed E-state index contributed by atoms with van der Waals surface area (Å²) >= 11 is 1.57. The number of hydrogen-bond acceptors (Lipinski definition) is 5. The molecule has 0 amide bonds. The molecule has 3 aromatic rings. The van der Waals surface area contributed by atoms with E-state index in [4.69, 9.17) is 0 Å². The summed E-state index contributed by atoms with van der Waals surface area (Å²) in [7, 11) is 0. The summed E-state index contributed by atoms with van der Waals surface area (Å²) in [5, 5.41) is 9.31. The molecule has 0 atom stereocenters. The minimum Gasteiger partial charge on any atom is -0.354 e. The van der Waals surface area contributed by atoms with Gasteiger partial charge in [-0.3, -0.25) is 0 Å².